The molecule has 1 fully saturated rings. The lowest BCUT2D eigenvalue weighted by molar-refractivity contribution is -0.256. The summed E-state index contributed by atoms with van der Waals surface area (Å²) < 4.78 is 43.5. The summed E-state index contributed by atoms with van der Waals surface area (Å²) in [6.45, 7) is 0. The quantitative estimate of drug-likeness (QED) is 0.312. The van der Waals surface area contributed by atoms with E-state index in [0.717, 1.165) is 19.3 Å². The zero-order valence-electron chi connectivity index (χ0n) is 19.8. The maximum atomic E-state index is 14.5. The number of nitrogens with two attached hydrogens (primary N) is 2. The lowest BCUT2D eigenvalue weighted by atomic mass is 9.63. The molecule has 0 aromatic heterocycles. The van der Waals surface area contributed by atoms with Gasteiger partial charge in [-0.15, -0.1) is 0 Å². The second-order valence-corrected chi connectivity index (χ2v) is 9.62. The van der Waals surface area contributed by atoms with Gasteiger partial charge in [-0.05, 0) is 53.6 Å². The molecule has 4 rings (SSSR count). The number of anilines is 3. The third-order valence-electron chi connectivity index (χ3n) is 7.15. The van der Waals surface area contributed by atoms with Crippen LogP contribution in [0.3, 0.4) is 0 Å². The molecule has 1 unspecified atom stereocenters. The summed E-state index contributed by atoms with van der Waals surface area (Å²) in [4.78, 5) is 13.3. The van der Waals surface area contributed by atoms with Crippen molar-refractivity contribution in [3.8, 4) is 11.1 Å². The summed E-state index contributed by atoms with van der Waals surface area (Å²) in [5, 5.41) is 13.5. The molecule has 1 amide bonds. The van der Waals surface area contributed by atoms with Crippen molar-refractivity contribution in [3.05, 3.63) is 78.4 Å². The highest BCUT2D eigenvalue weighted by Gasteiger charge is 2.62. The summed E-state index contributed by atoms with van der Waals surface area (Å²) in [7, 11) is 0. The first-order valence-electron chi connectivity index (χ1n) is 12.0. The molecule has 1 aliphatic carbocycles. The molecule has 0 saturated heterocycles. The molecule has 3 aromatic rings. The number of rotatable bonds is 6. The van der Waals surface area contributed by atoms with Gasteiger partial charge in [-0.2, -0.15) is 13.2 Å². The van der Waals surface area contributed by atoms with Gasteiger partial charge in [-0.3, -0.25) is 4.79 Å². The van der Waals surface area contributed by atoms with Crippen LogP contribution in [-0.4, -0.2) is 22.8 Å². The van der Waals surface area contributed by atoms with E-state index in [2.05, 4.69) is 5.32 Å². The molecule has 1 saturated carbocycles. The van der Waals surface area contributed by atoms with Crippen molar-refractivity contribution >= 4 is 23.0 Å². The van der Waals surface area contributed by atoms with Crippen LogP contribution in [0.5, 0.6) is 0 Å². The number of benzene rings is 3. The van der Waals surface area contributed by atoms with Gasteiger partial charge in [-0.1, -0.05) is 67.8 Å². The molecule has 36 heavy (non-hydrogen) atoms. The van der Waals surface area contributed by atoms with Gasteiger partial charge < -0.3 is 21.9 Å². The van der Waals surface area contributed by atoms with E-state index in [0.29, 0.717) is 35.2 Å². The second-order valence-electron chi connectivity index (χ2n) is 9.62. The van der Waals surface area contributed by atoms with E-state index in [9.17, 15) is 23.1 Å². The number of amides is 1. The van der Waals surface area contributed by atoms with Gasteiger partial charge in [0.05, 0.1) is 5.69 Å². The minimum absolute atomic E-state index is 0.0739. The molecular weight excluding hydrogens is 467 g/mol. The van der Waals surface area contributed by atoms with E-state index < -0.39 is 29.5 Å². The Hall–Kier alpha value is -3.52. The monoisotopic (exact) mass is 497 g/mol. The van der Waals surface area contributed by atoms with Crippen LogP contribution in [0.2, 0.25) is 0 Å². The van der Waals surface area contributed by atoms with Crippen LogP contribution in [0.25, 0.3) is 11.1 Å². The molecule has 6 N–H and O–H groups in total. The SMILES string of the molecule is Nc1ccc(-c2ccc(N)cc2NC(=O)C(O)(CC2(c3ccccc3)CCCCC2)C(F)(F)F)cc1. The second kappa shape index (κ2) is 9.85. The Morgan fingerprint density at radius 1 is 0.889 bits per heavy atom. The Balaban J connectivity index is 1.73. The van der Waals surface area contributed by atoms with Crippen LogP contribution >= 0.6 is 0 Å². The first-order valence-corrected chi connectivity index (χ1v) is 12.0. The Labute approximate surface area is 208 Å². The molecule has 0 radical (unpaired) electrons. The highest BCUT2D eigenvalue weighted by atomic mass is 19.4. The maximum Gasteiger partial charge on any atom is 0.426 e. The van der Waals surface area contributed by atoms with Crippen molar-refractivity contribution in [3.63, 3.8) is 0 Å². The number of alkyl halides is 3. The average molecular weight is 498 g/mol. The van der Waals surface area contributed by atoms with Crippen molar-refractivity contribution in [2.24, 2.45) is 0 Å². The van der Waals surface area contributed by atoms with E-state index in [1.54, 1.807) is 66.7 Å². The summed E-state index contributed by atoms with van der Waals surface area (Å²) in [5.41, 5.74) is 9.70. The number of carbonyl (C=O) groups is 1. The van der Waals surface area contributed by atoms with E-state index in [4.69, 9.17) is 11.5 Å². The van der Waals surface area contributed by atoms with E-state index >= 15 is 0 Å². The van der Waals surface area contributed by atoms with Gasteiger partial charge >= 0.3 is 6.18 Å². The number of hydrogen-bond donors (Lipinski definition) is 4. The van der Waals surface area contributed by atoms with Crippen LogP contribution in [0, 0.1) is 0 Å². The van der Waals surface area contributed by atoms with Crippen molar-refractivity contribution in [1.29, 1.82) is 0 Å². The largest absolute Gasteiger partial charge is 0.426 e. The molecule has 0 aliphatic heterocycles. The Morgan fingerprint density at radius 3 is 2.11 bits per heavy atom. The highest BCUT2D eigenvalue weighted by Crippen LogP contribution is 2.49. The molecule has 3 aromatic carbocycles. The predicted molar refractivity (Wildman–Crippen MR) is 136 cm³/mol. The number of nitrogen functional groups attached to an aromatic ring is 2. The molecule has 0 spiro atoms. The van der Waals surface area contributed by atoms with Gasteiger partial charge in [0.15, 0.2) is 0 Å². The van der Waals surface area contributed by atoms with Crippen molar-refractivity contribution in [2.45, 2.75) is 55.7 Å². The number of halogens is 3. The molecule has 5 nitrogen and oxygen atoms in total. The fourth-order valence-electron chi connectivity index (χ4n) is 5.19. The third-order valence-corrected chi connectivity index (χ3v) is 7.15. The van der Waals surface area contributed by atoms with E-state index in [1.807, 2.05) is 0 Å². The zero-order valence-corrected chi connectivity index (χ0v) is 19.8. The molecule has 0 bridgehead atoms. The number of aliphatic hydroxyl groups is 1. The molecule has 1 atom stereocenters. The summed E-state index contributed by atoms with van der Waals surface area (Å²) in [5.74, 6) is -1.53. The molecule has 8 heteroatoms. The van der Waals surface area contributed by atoms with E-state index in [1.165, 1.54) is 6.07 Å². The Morgan fingerprint density at radius 2 is 1.50 bits per heavy atom. The Kier molecular flexibility index (Phi) is 7.00. The van der Waals surface area contributed by atoms with Crippen molar-refractivity contribution < 1.29 is 23.1 Å². The first-order chi connectivity index (χ1) is 17.0. The van der Waals surface area contributed by atoms with Crippen LogP contribution in [-0.2, 0) is 10.2 Å². The molecular formula is C28H30F3N3O2. The standard InChI is InChI=1S/C28H30F3N3O2/c29-28(30,31)27(36,18-26(15-5-2-6-16-26)20-7-3-1-4-8-20)25(35)34-24-17-22(33)13-14-23(24)19-9-11-21(32)12-10-19/h1,3-4,7-14,17,36H,2,5-6,15-16,18,32-33H2,(H,34,35). The maximum absolute atomic E-state index is 14.5. The smallest absolute Gasteiger partial charge is 0.399 e. The minimum Gasteiger partial charge on any atom is -0.399 e. The van der Waals surface area contributed by atoms with E-state index in [-0.39, 0.29) is 11.4 Å². The summed E-state index contributed by atoms with van der Waals surface area (Å²) in [6.07, 6.45) is -2.70. The minimum atomic E-state index is -5.20. The number of nitrogens with one attached hydrogen (secondary N) is 1. The third kappa shape index (κ3) is 5.04. The zero-order chi connectivity index (χ0) is 26.0. The van der Waals surface area contributed by atoms with Gasteiger partial charge in [0.25, 0.3) is 5.91 Å². The van der Waals surface area contributed by atoms with Gasteiger partial charge in [0.1, 0.15) is 0 Å². The van der Waals surface area contributed by atoms with Crippen molar-refractivity contribution in [2.75, 3.05) is 16.8 Å². The van der Waals surface area contributed by atoms with Crippen LogP contribution in [0.15, 0.2) is 72.8 Å². The molecule has 190 valence electrons. The molecule has 1 aliphatic rings. The topological polar surface area (TPSA) is 101 Å². The van der Waals surface area contributed by atoms with Crippen LogP contribution in [0.4, 0.5) is 30.2 Å². The highest BCUT2D eigenvalue weighted by molar-refractivity contribution is 6.01. The van der Waals surface area contributed by atoms with Crippen LogP contribution in [0.1, 0.15) is 44.1 Å². The average Bonchev–Trinajstić information content (AvgIpc) is 2.85. The number of hydrogen-bond acceptors (Lipinski definition) is 4. The fourth-order valence-corrected chi connectivity index (χ4v) is 5.19. The van der Waals surface area contributed by atoms with Gasteiger partial charge in [0, 0.05) is 23.4 Å². The fraction of sp³-hybridized carbons (Fsp3) is 0.321. The van der Waals surface area contributed by atoms with Crippen molar-refractivity contribution in [1.82, 2.24) is 0 Å². The summed E-state index contributed by atoms with van der Waals surface area (Å²) >= 11 is 0. The summed E-state index contributed by atoms with van der Waals surface area (Å²) in [6, 6.07) is 20.1. The van der Waals surface area contributed by atoms with Gasteiger partial charge in [-0.25, -0.2) is 0 Å². The normalized spacial score (nSPS) is 17.2. The lowest BCUT2D eigenvalue weighted by Crippen LogP contribution is -2.58. The first kappa shape index (κ1) is 25.6. The van der Waals surface area contributed by atoms with Crippen LogP contribution < -0.4 is 16.8 Å². The lowest BCUT2D eigenvalue weighted by Gasteiger charge is -2.43. The number of carbonyl (C=O) groups excluding carboxylic acids is 1. The predicted octanol–water partition coefficient (Wildman–Crippen LogP) is 6.04. The van der Waals surface area contributed by atoms with Gasteiger partial charge in [0.2, 0.25) is 5.60 Å². The molecule has 0 heterocycles. The Bertz CT molecular complexity index is 1210.